The number of benzene rings is 4. The second-order valence-corrected chi connectivity index (χ2v) is 6.57. The average molecular weight is 368 g/mol. The van der Waals surface area contributed by atoms with Crippen LogP contribution in [0, 0.1) is 0 Å². The van der Waals surface area contributed by atoms with Crippen molar-refractivity contribution in [3.8, 4) is 16.9 Å². The first-order valence-electron chi connectivity index (χ1n) is 9.12. The lowest BCUT2D eigenvalue weighted by molar-refractivity contribution is 0.0601. The zero-order chi connectivity index (χ0) is 19.3. The summed E-state index contributed by atoms with van der Waals surface area (Å²) in [4.78, 5) is 11.7. The van der Waals surface area contributed by atoms with Crippen molar-refractivity contribution in [2.45, 2.75) is 6.61 Å². The van der Waals surface area contributed by atoms with Gasteiger partial charge < -0.3 is 9.47 Å². The fourth-order valence-electron chi connectivity index (χ4n) is 3.15. The summed E-state index contributed by atoms with van der Waals surface area (Å²) in [6.07, 6.45) is 0. The molecule has 4 aromatic carbocycles. The van der Waals surface area contributed by atoms with Crippen molar-refractivity contribution in [1.82, 2.24) is 0 Å². The highest BCUT2D eigenvalue weighted by molar-refractivity contribution is 5.96. The van der Waals surface area contributed by atoms with Gasteiger partial charge in [0.25, 0.3) is 0 Å². The lowest BCUT2D eigenvalue weighted by atomic mass is 10.00. The van der Waals surface area contributed by atoms with Gasteiger partial charge in [0, 0.05) is 0 Å². The van der Waals surface area contributed by atoms with E-state index in [1.807, 2.05) is 48.5 Å². The van der Waals surface area contributed by atoms with E-state index in [9.17, 15) is 4.79 Å². The summed E-state index contributed by atoms with van der Waals surface area (Å²) in [5.74, 6) is 0.521. The minimum Gasteiger partial charge on any atom is -0.489 e. The van der Waals surface area contributed by atoms with E-state index in [0.717, 1.165) is 33.2 Å². The molecule has 4 rings (SSSR count). The predicted octanol–water partition coefficient (Wildman–Crippen LogP) is 5.87. The standard InChI is InChI=1S/C25H20O3/c1-27-25(26)23-10-9-21-15-20(7-8-22(21)16-23)19-11-13-24(14-12-19)28-17-18-5-3-2-4-6-18/h2-16H,17H2,1H3. The average Bonchev–Trinajstić information content (AvgIpc) is 2.77. The molecule has 4 aromatic rings. The maximum atomic E-state index is 11.7. The number of hydrogen-bond donors (Lipinski definition) is 0. The van der Waals surface area contributed by atoms with Gasteiger partial charge in [-0.1, -0.05) is 60.7 Å². The number of esters is 1. The smallest absolute Gasteiger partial charge is 0.337 e. The number of methoxy groups -OCH3 is 1. The van der Waals surface area contributed by atoms with Gasteiger partial charge in [-0.2, -0.15) is 0 Å². The molecule has 0 amide bonds. The maximum absolute atomic E-state index is 11.7. The molecule has 28 heavy (non-hydrogen) atoms. The third-order valence-electron chi connectivity index (χ3n) is 4.70. The number of fused-ring (bicyclic) bond motifs is 1. The van der Waals surface area contributed by atoms with Crippen LogP contribution in [0.25, 0.3) is 21.9 Å². The van der Waals surface area contributed by atoms with Crippen molar-refractivity contribution in [1.29, 1.82) is 0 Å². The van der Waals surface area contributed by atoms with Crippen LogP contribution in [0.2, 0.25) is 0 Å². The Bertz CT molecular complexity index is 1100. The third kappa shape index (κ3) is 3.89. The monoisotopic (exact) mass is 368 g/mol. The lowest BCUT2D eigenvalue weighted by Crippen LogP contribution is -2.00. The molecule has 138 valence electrons. The summed E-state index contributed by atoms with van der Waals surface area (Å²) in [7, 11) is 1.39. The summed E-state index contributed by atoms with van der Waals surface area (Å²) in [5.41, 5.74) is 3.94. The summed E-state index contributed by atoms with van der Waals surface area (Å²) < 4.78 is 10.6. The van der Waals surface area contributed by atoms with Gasteiger partial charge >= 0.3 is 5.97 Å². The molecule has 0 saturated carbocycles. The predicted molar refractivity (Wildman–Crippen MR) is 111 cm³/mol. The highest BCUT2D eigenvalue weighted by Crippen LogP contribution is 2.27. The molecule has 0 N–H and O–H groups in total. The van der Waals surface area contributed by atoms with Gasteiger partial charge in [0.2, 0.25) is 0 Å². The van der Waals surface area contributed by atoms with Gasteiger partial charge in [-0.25, -0.2) is 4.79 Å². The molecule has 3 nitrogen and oxygen atoms in total. The highest BCUT2D eigenvalue weighted by Gasteiger charge is 2.07. The van der Waals surface area contributed by atoms with Crippen LogP contribution in [0.1, 0.15) is 15.9 Å². The van der Waals surface area contributed by atoms with Gasteiger partial charge in [0.1, 0.15) is 12.4 Å². The van der Waals surface area contributed by atoms with E-state index in [0.29, 0.717) is 12.2 Å². The molecule has 0 aromatic heterocycles. The molecule has 0 spiro atoms. The van der Waals surface area contributed by atoms with Crippen LogP contribution in [-0.2, 0) is 11.3 Å². The molecule has 0 aliphatic carbocycles. The summed E-state index contributed by atoms with van der Waals surface area (Å²) in [6, 6.07) is 30.0. The SMILES string of the molecule is COC(=O)c1ccc2cc(-c3ccc(OCc4ccccc4)cc3)ccc2c1. The zero-order valence-electron chi connectivity index (χ0n) is 15.6. The second kappa shape index (κ2) is 7.97. The van der Waals surface area contributed by atoms with E-state index < -0.39 is 0 Å². The van der Waals surface area contributed by atoms with Gasteiger partial charge in [0.05, 0.1) is 12.7 Å². The molecule has 0 heterocycles. The normalized spacial score (nSPS) is 10.6. The van der Waals surface area contributed by atoms with Crippen LogP contribution in [0.5, 0.6) is 5.75 Å². The Labute approximate surface area is 164 Å². The molecule has 0 atom stereocenters. The summed E-state index contributed by atoms with van der Waals surface area (Å²) in [6.45, 7) is 0.554. The van der Waals surface area contributed by atoms with Crippen LogP contribution in [0.3, 0.4) is 0 Å². The van der Waals surface area contributed by atoms with Crippen molar-refractivity contribution in [2.75, 3.05) is 7.11 Å². The molecular formula is C25H20O3. The van der Waals surface area contributed by atoms with Crippen LogP contribution in [0.4, 0.5) is 0 Å². The molecule has 0 unspecified atom stereocenters. The molecule has 3 heteroatoms. The van der Waals surface area contributed by atoms with Crippen molar-refractivity contribution in [2.24, 2.45) is 0 Å². The Hall–Kier alpha value is -3.59. The van der Waals surface area contributed by atoms with Gasteiger partial charge in [-0.15, -0.1) is 0 Å². The number of ether oxygens (including phenoxy) is 2. The Morgan fingerprint density at radius 2 is 1.43 bits per heavy atom. The molecular weight excluding hydrogens is 348 g/mol. The minimum absolute atomic E-state index is 0.322. The van der Waals surface area contributed by atoms with Crippen molar-refractivity contribution in [3.63, 3.8) is 0 Å². The Balaban J connectivity index is 1.52. The molecule has 0 radical (unpaired) electrons. The highest BCUT2D eigenvalue weighted by atomic mass is 16.5. The van der Waals surface area contributed by atoms with Crippen LogP contribution < -0.4 is 4.74 Å². The van der Waals surface area contributed by atoms with E-state index in [2.05, 4.69) is 36.4 Å². The third-order valence-corrected chi connectivity index (χ3v) is 4.70. The number of carbonyl (C=O) groups is 1. The molecule has 0 bridgehead atoms. The first-order chi connectivity index (χ1) is 13.7. The lowest BCUT2D eigenvalue weighted by Gasteiger charge is -2.09. The maximum Gasteiger partial charge on any atom is 0.337 e. The number of carbonyl (C=O) groups excluding carboxylic acids is 1. The van der Waals surface area contributed by atoms with Crippen molar-refractivity contribution < 1.29 is 14.3 Å². The largest absolute Gasteiger partial charge is 0.489 e. The molecule has 0 aliphatic heterocycles. The van der Waals surface area contributed by atoms with Gasteiger partial charge in [-0.3, -0.25) is 0 Å². The van der Waals surface area contributed by atoms with E-state index in [1.54, 1.807) is 6.07 Å². The minimum atomic E-state index is -0.322. The number of rotatable bonds is 5. The first kappa shape index (κ1) is 17.8. The second-order valence-electron chi connectivity index (χ2n) is 6.57. The van der Waals surface area contributed by atoms with E-state index in [1.165, 1.54) is 7.11 Å². The van der Waals surface area contributed by atoms with Crippen molar-refractivity contribution >= 4 is 16.7 Å². The molecule has 0 saturated heterocycles. The molecule has 0 fully saturated rings. The topological polar surface area (TPSA) is 35.5 Å². The van der Waals surface area contributed by atoms with Crippen LogP contribution in [0.15, 0.2) is 91.0 Å². The van der Waals surface area contributed by atoms with Gasteiger partial charge in [-0.05, 0) is 57.8 Å². The summed E-state index contributed by atoms with van der Waals surface area (Å²) in [5, 5.41) is 2.09. The quantitative estimate of drug-likeness (QED) is 0.413. The summed E-state index contributed by atoms with van der Waals surface area (Å²) >= 11 is 0. The Morgan fingerprint density at radius 1 is 0.750 bits per heavy atom. The first-order valence-corrected chi connectivity index (χ1v) is 9.12. The van der Waals surface area contributed by atoms with Crippen LogP contribution >= 0.6 is 0 Å². The van der Waals surface area contributed by atoms with Crippen molar-refractivity contribution in [3.05, 3.63) is 102 Å². The van der Waals surface area contributed by atoms with E-state index in [4.69, 9.17) is 9.47 Å². The van der Waals surface area contributed by atoms with E-state index >= 15 is 0 Å². The zero-order valence-corrected chi connectivity index (χ0v) is 15.6. The Morgan fingerprint density at radius 3 is 2.18 bits per heavy atom. The fraction of sp³-hybridized carbons (Fsp3) is 0.0800. The van der Waals surface area contributed by atoms with Gasteiger partial charge in [0.15, 0.2) is 0 Å². The fourth-order valence-corrected chi connectivity index (χ4v) is 3.15. The van der Waals surface area contributed by atoms with E-state index in [-0.39, 0.29) is 5.97 Å². The Kier molecular flexibility index (Phi) is 5.07. The number of hydrogen-bond acceptors (Lipinski definition) is 3. The van der Waals surface area contributed by atoms with Crippen LogP contribution in [-0.4, -0.2) is 13.1 Å². The molecule has 0 aliphatic rings.